The third-order valence-electron chi connectivity index (χ3n) is 3.93. The van der Waals surface area contributed by atoms with Crippen molar-refractivity contribution in [3.63, 3.8) is 0 Å². The highest BCUT2D eigenvalue weighted by Gasteiger charge is 2.16. The lowest BCUT2D eigenvalue weighted by Crippen LogP contribution is -2.45. The summed E-state index contributed by atoms with van der Waals surface area (Å²) in [6.45, 7) is 4.47. The summed E-state index contributed by atoms with van der Waals surface area (Å²) < 4.78 is 3.14. The van der Waals surface area contributed by atoms with Crippen LogP contribution in [-0.4, -0.2) is 33.5 Å². The van der Waals surface area contributed by atoms with Crippen molar-refractivity contribution in [2.75, 3.05) is 6.54 Å². The molecule has 2 aromatic rings. The van der Waals surface area contributed by atoms with Crippen LogP contribution in [0.4, 0.5) is 0 Å². The van der Waals surface area contributed by atoms with Crippen molar-refractivity contribution in [1.82, 2.24) is 19.8 Å². The van der Waals surface area contributed by atoms with E-state index in [9.17, 15) is 14.4 Å². The second-order valence-electron chi connectivity index (χ2n) is 5.81. The number of aryl methyl sites for hydroxylation is 2. The molecule has 2 amide bonds. The van der Waals surface area contributed by atoms with Crippen molar-refractivity contribution in [2.24, 2.45) is 7.05 Å². The zero-order valence-corrected chi connectivity index (χ0v) is 14.3. The molecule has 7 heteroatoms. The number of para-hydroxylation sites is 2. The highest BCUT2D eigenvalue weighted by molar-refractivity contribution is 5.87. The summed E-state index contributed by atoms with van der Waals surface area (Å²) in [6, 6.07) is 6.87. The first-order chi connectivity index (χ1) is 11.5. The van der Waals surface area contributed by atoms with Crippen LogP contribution in [0.2, 0.25) is 0 Å². The Bertz CT molecular complexity index is 791. The molecule has 0 radical (unpaired) electrons. The lowest BCUT2D eigenvalue weighted by Gasteiger charge is -2.13. The number of nitrogens with zero attached hydrogens (tertiary/aromatic N) is 2. The molecule has 1 heterocycles. The van der Waals surface area contributed by atoms with Gasteiger partial charge in [-0.3, -0.25) is 18.7 Å². The van der Waals surface area contributed by atoms with E-state index in [1.54, 1.807) is 23.1 Å². The molecule has 0 fully saturated rings. The molecule has 0 bridgehead atoms. The largest absolute Gasteiger partial charge is 0.354 e. The Morgan fingerprint density at radius 3 is 2.54 bits per heavy atom. The van der Waals surface area contributed by atoms with E-state index in [1.165, 1.54) is 0 Å². The summed E-state index contributed by atoms with van der Waals surface area (Å²) in [5, 5.41) is 5.40. The molecule has 0 aliphatic heterocycles. The van der Waals surface area contributed by atoms with Gasteiger partial charge in [0.25, 0.3) is 0 Å². The molecule has 2 rings (SSSR count). The van der Waals surface area contributed by atoms with Crippen LogP contribution in [0.3, 0.4) is 0 Å². The van der Waals surface area contributed by atoms with Gasteiger partial charge in [-0.05, 0) is 25.5 Å². The summed E-state index contributed by atoms with van der Waals surface area (Å²) in [4.78, 5) is 36.1. The van der Waals surface area contributed by atoms with Crippen LogP contribution >= 0.6 is 0 Å². The highest BCUT2D eigenvalue weighted by Crippen LogP contribution is 2.11. The van der Waals surface area contributed by atoms with Gasteiger partial charge in [0.1, 0.15) is 6.04 Å². The average Bonchev–Trinajstić information content (AvgIpc) is 2.82. The SMILES string of the molecule is CCCNC(=O)C(C)NC(=O)CCn1c(=O)n(C)c2ccccc21. The van der Waals surface area contributed by atoms with Crippen LogP contribution in [-0.2, 0) is 23.2 Å². The second-order valence-corrected chi connectivity index (χ2v) is 5.81. The molecule has 0 aliphatic carbocycles. The van der Waals surface area contributed by atoms with Gasteiger partial charge in [0.15, 0.2) is 0 Å². The van der Waals surface area contributed by atoms with Gasteiger partial charge in [0.2, 0.25) is 11.8 Å². The first-order valence-electron chi connectivity index (χ1n) is 8.17. The molecule has 0 spiro atoms. The Morgan fingerprint density at radius 2 is 1.88 bits per heavy atom. The summed E-state index contributed by atoms with van der Waals surface area (Å²) in [5.41, 5.74) is 1.47. The molecule has 2 N–H and O–H groups in total. The maximum atomic E-state index is 12.3. The van der Waals surface area contributed by atoms with Crippen LogP contribution in [0.25, 0.3) is 11.0 Å². The van der Waals surface area contributed by atoms with Crippen molar-refractivity contribution in [2.45, 2.75) is 39.3 Å². The summed E-state index contributed by atoms with van der Waals surface area (Å²) >= 11 is 0. The van der Waals surface area contributed by atoms with Crippen molar-refractivity contribution >= 4 is 22.8 Å². The van der Waals surface area contributed by atoms with E-state index < -0.39 is 6.04 Å². The number of carbonyl (C=O) groups is 2. The van der Waals surface area contributed by atoms with E-state index in [4.69, 9.17) is 0 Å². The van der Waals surface area contributed by atoms with Crippen LogP contribution in [0.5, 0.6) is 0 Å². The Labute approximate surface area is 140 Å². The van der Waals surface area contributed by atoms with E-state index in [2.05, 4.69) is 10.6 Å². The minimum atomic E-state index is -0.590. The number of imidazole rings is 1. The first kappa shape index (κ1) is 17.8. The molecular formula is C17H24N4O3. The van der Waals surface area contributed by atoms with Crippen LogP contribution in [0.1, 0.15) is 26.7 Å². The average molecular weight is 332 g/mol. The van der Waals surface area contributed by atoms with E-state index in [-0.39, 0.29) is 30.5 Å². The zero-order chi connectivity index (χ0) is 17.7. The Hall–Kier alpha value is -2.57. The number of benzene rings is 1. The van der Waals surface area contributed by atoms with Gasteiger partial charge in [-0.2, -0.15) is 0 Å². The van der Waals surface area contributed by atoms with Crippen molar-refractivity contribution in [1.29, 1.82) is 0 Å². The van der Waals surface area contributed by atoms with Gasteiger partial charge in [-0.1, -0.05) is 19.1 Å². The number of nitrogens with one attached hydrogen (secondary N) is 2. The molecule has 130 valence electrons. The molecule has 1 unspecified atom stereocenters. The summed E-state index contributed by atoms with van der Waals surface area (Å²) in [7, 11) is 1.71. The number of rotatable bonds is 7. The predicted molar refractivity (Wildman–Crippen MR) is 92.7 cm³/mol. The highest BCUT2D eigenvalue weighted by atomic mass is 16.2. The van der Waals surface area contributed by atoms with E-state index in [1.807, 2.05) is 31.2 Å². The molecule has 0 aliphatic rings. The molecular weight excluding hydrogens is 308 g/mol. The van der Waals surface area contributed by atoms with E-state index >= 15 is 0 Å². The second kappa shape index (κ2) is 7.81. The first-order valence-corrected chi connectivity index (χ1v) is 8.17. The number of fused-ring (bicyclic) bond motifs is 1. The standard InChI is InChI=1S/C17H24N4O3/c1-4-10-18-16(23)12(2)19-15(22)9-11-21-14-8-6-5-7-13(14)20(3)17(21)24/h5-8,12H,4,9-11H2,1-3H3,(H,18,23)(H,19,22). The molecule has 1 aromatic carbocycles. The molecule has 24 heavy (non-hydrogen) atoms. The topological polar surface area (TPSA) is 85.1 Å². The van der Waals surface area contributed by atoms with Gasteiger partial charge in [-0.15, -0.1) is 0 Å². The van der Waals surface area contributed by atoms with Crippen molar-refractivity contribution < 1.29 is 9.59 Å². The molecule has 0 saturated carbocycles. The number of hydrogen-bond donors (Lipinski definition) is 2. The van der Waals surface area contributed by atoms with E-state index in [0.29, 0.717) is 6.54 Å². The number of hydrogen-bond acceptors (Lipinski definition) is 3. The zero-order valence-electron chi connectivity index (χ0n) is 14.3. The fourth-order valence-electron chi connectivity index (χ4n) is 2.57. The van der Waals surface area contributed by atoms with Gasteiger partial charge < -0.3 is 10.6 Å². The summed E-state index contributed by atoms with van der Waals surface area (Å²) in [6.07, 6.45) is 0.982. The van der Waals surface area contributed by atoms with Crippen LogP contribution < -0.4 is 16.3 Å². The monoisotopic (exact) mass is 332 g/mol. The fourth-order valence-corrected chi connectivity index (χ4v) is 2.57. The Morgan fingerprint density at radius 1 is 1.21 bits per heavy atom. The third-order valence-corrected chi connectivity index (χ3v) is 3.93. The Balaban J connectivity index is 1.99. The summed E-state index contributed by atoms with van der Waals surface area (Å²) in [5.74, 6) is -0.457. The molecule has 0 saturated heterocycles. The maximum Gasteiger partial charge on any atom is 0.328 e. The van der Waals surface area contributed by atoms with Crippen LogP contribution in [0, 0.1) is 0 Å². The number of amides is 2. The molecule has 1 atom stereocenters. The maximum absolute atomic E-state index is 12.3. The smallest absolute Gasteiger partial charge is 0.328 e. The lowest BCUT2D eigenvalue weighted by atomic mass is 10.2. The van der Waals surface area contributed by atoms with Crippen molar-refractivity contribution in [3.05, 3.63) is 34.7 Å². The van der Waals surface area contributed by atoms with E-state index in [0.717, 1.165) is 17.5 Å². The number of aromatic nitrogens is 2. The van der Waals surface area contributed by atoms with Gasteiger partial charge in [-0.25, -0.2) is 4.79 Å². The normalized spacial score (nSPS) is 12.1. The number of carbonyl (C=O) groups excluding carboxylic acids is 2. The third kappa shape index (κ3) is 3.84. The minimum Gasteiger partial charge on any atom is -0.354 e. The Kier molecular flexibility index (Phi) is 5.78. The van der Waals surface area contributed by atoms with Crippen LogP contribution in [0.15, 0.2) is 29.1 Å². The quantitative estimate of drug-likeness (QED) is 0.785. The molecule has 1 aromatic heterocycles. The van der Waals surface area contributed by atoms with Gasteiger partial charge >= 0.3 is 5.69 Å². The fraction of sp³-hybridized carbons (Fsp3) is 0.471. The minimum absolute atomic E-state index is 0.138. The van der Waals surface area contributed by atoms with Crippen molar-refractivity contribution in [3.8, 4) is 0 Å². The van der Waals surface area contributed by atoms with Gasteiger partial charge in [0, 0.05) is 26.6 Å². The predicted octanol–water partition coefficient (Wildman–Crippen LogP) is 0.761. The lowest BCUT2D eigenvalue weighted by molar-refractivity contribution is -0.128. The van der Waals surface area contributed by atoms with Gasteiger partial charge in [0.05, 0.1) is 11.0 Å². The molecule has 7 nitrogen and oxygen atoms in total.